The van der Waals surface area contributed by atoms with Crippen LogP contribution in [0.1, 0.15) is 20.8 Å². The number of hydrogen-bond donors (Lipinski definition) is 2. The molecule has 2 N–H and O–H groups in total. The molecule has 0 radical (unpaired) electrons. The van der Waals surface area contributed by atoms with Crippen LogP contribution in [0, 0.1) is 5.41 Å². The highest BCUT2D eigenvalue weighted by Crippen LogP contribution is 2.56. The van der Waals surface area contributed by atoms with Crippen LogP contribution in [-0.4, -0.2) is 10.9 Å². The van der Waals surface area contributed by atoms with Crippen LogP contribution in [0.4, 0.5) is 5.69 Å². The van der Waals surface area contributed by atoms with E-state index < -0.39 is 18.8 Å². The molecule has 0 aliphatic rings. The Bertz CT molecular complexity index is 979. The van der Waals surface area contributed by atoms with Gasteiger partial charge in [0.25, 0.3) is 0 Å². The van der Waals surface area contributed by atoms with Crippen LogP contribution in [0.15, 0.2) is 91.0 Å². The first kappa shape index (κ1) is 22.9. The van der Waals surface area contributed by atoms with Crippen LogP contribution in [0.25, 0.3) is 0 Å². The maximum Gasteiger partial charge on any atom is 0.453 e. The maximum atomic E-state index is 14.3. The smallest absolute Gasteiger partial charge is 0.415 e. The lowest BCUT2D eigenvalue weighted by atomic mass is 9.96. The topological polar surface area (TPSA) is 59.6 Å². The van der Waals surface area contributed by atoms with Crippen LogP contribution in [0.5, 0.6) is 11.5 Å². The fourth-order valence-corrected chi connectivity index (χ4v) is 5.60. The first-order valence-corrected chi connectivity index (χ1v) is 12.0. The highest BCUT2D eigenvalue weighted by Gasteiger charge is 2.47. The third-order valence-corrected chi connectivity index (χ3v) is 7.07. The van der Waals surface area contributed by atoms with E-state index in [0.29, 0.717) is 16.6 Å². The molecule has 0 bridgehead atoms. The van der Waals surface area contributed by atoms with Crippen LogP contribution in [-0.2, 0) is 4.57 Å². The molecule has 31 heavy (non-hydrogen) atoms. The molecular formula is C24H27N2O3PS. The predicted octanol–water partition coefficient (Wildman–Crippen LogP) is 6.70. The average Bonchev–Trinajstić information content (AvgIpc) is 2.73. The Morgan fingerprint density at radius 3 is 1.65 bits per heavy atom. The van der Waals surface area contributed by atoms with Gasteiger partial charge in [-0.3, -0.25) is 0 Å². The minimum absolute atomic E-state index is 0.333. The molecule has 162 valence electrons. The van der Waals surface area contributed by atoms with Crippen LogP contribution >= 0.6 is 19.8 Å². The number of para-hydroxylation sites is 3. The first-order valence-electron chi connectivity index (χ1n) is 9.98. The molecule has 7 heteroatoms. The molecular weight excluding hydrogens is 427 g/mol. The van der Waals surface area contributed by atoms with E-state index in [1.165, 1.54) is 0 Å². The number of benzene rings is 3. The predicted molar refractivity (Wildman–Crippen MR) is 131 cm³/mol. The monoisotopic (exact) mass is 454 g/mol. The Morgan fingerprint density at radius 1 is 0.806 bits per heavy atom. The summed E-state index contributed by atoms with van der Waals surface area (Å²) in [5.74, 6) is 0.184. The van der Waals surface area contributed by atoms with Gasteiger partial charge in [-0.05, 0) is 54.0 Å². The quantitative estimate of drug-likeness (QED) is 0.306. The van der Waals surface area contributed by atoms with Gasteiger partial charge < -0.3 is 19.7 Å². The largest absolute Gasteiger partial charge is 0.453 e. The molecule has 3 aromatic rings. The van der Waals surface area contributed by atoms with Crippen molar-refractivity contribution in [2.45, 2.75) is 26.6 Å². The van der Waals surface area contributed by atoms with Crippen molar-refractivity contribution in [3.63, 3.8) is 0 Å². The molecule has 5 nitrogen and oxygen atoms in total. The fourth-order valence-electron chi connectivity index (χ4n) is 2.96. The van der Waals surface area contributed by atoms with Gasteiger partial charge >= 0.3 is 7.60 Å². The van der Waals surface area contributed by atoms with Crippen molar-refractivity contribution in [2.24, 2.45) is 5.41 Å². The number of nitrogens with one attached hydrogen (secondary N) is 2. The van der Waals surface area contributed by atoms with E-state index in [1.54, 1.807) is 24.3 Å². The molecule has 0 aromatic heterocycles. The number of hydrogen-bond acceptors (Lipinski definition) is 4. The minimum atomic E-state index is -3.79. The van der Waals surface area contributed by atoms with Gasteiger partial charge in [-0.15, -0.1) is 0 Å². The van der Waals surface area contributed by atoms with E-state index in [1.807, 2.05) is 87.5 Å². The first-order chi connectivity index (χ1) is 14.8. The summed E-state index contributed by atoms with van der Waals surface area (Å²) in [6.45, 7) is 5.89. The second-order valence-corrected chi connectivity index (χ2v) is 10.5. The minimum Gasteiger partial charge on any atom is -0.415 e. The summed E-state index contributed by atoms with van der Waals surface area (Å²) < 4.78 is 26.4. The highest BCUT2D eigenvalue weighted by molar-refractivity contribution is 7.80. The summed E-state index contributed by atoms with van der Waals surface area (Å²) in [7, 11) is -3.79. The van der Waals surface area contributed by atoms with E-state index in [-0.39, 0.29) is 0 Å². The molecule has 1 atom stereocenters. The second-order valence-electron chi connectivity index (χ2n) is 8.08. The summed E-state index contributed by atoms with van der Waals surface area (Å²) in [6, 6.07) is 27.6. The summed E-state index contributed by atoms with van der Waals surface area (Å²) in [4.78, 5) is 0. The van der Waals surface area contributed by atoms with E-state index in [0.717, 1.165) is 5.69 Å². The Labute approximate surface area is 189 Å². The third kappa shape index (κ3) is 6.58. The molecule has 3 aromatic carbocycles. The van der Waals surface area contributed by atoms with Crippen molar-refractivity contribution in [3.05, 3.63) is 91.0 Å². The van der Waals surface area contributed by atoms with Crippen molar-refractivity contribution < 1.29 is 13.6 Å². The second kappa shape index (κ2) is 9.99. The fraction of sp³-hybridized carbons (Fsp3) is 0.208. The molecule has 0 amide bonds. The van der Waals surface area contributed by atoms with Crippen LogP contribution in [0.3, 0.4) is 0 Å². The lowest BCUT2D eigenvalue weighted by molar-refractivity contribution is 0.295. The van der Waals surface area contributed by atoms with Gasteiger partial charge in [-0.25, -0.2) is 4.57 Å². The Balaban J connectivity index is 1.92. The van der Waals surface area contributed by atoms with Gasteiger partial charge in [-0.1, -0.05) is 75.4 Å². The molecule has 0 saturated heterocycles. The Kier molecular flexibility index (Phi) is 7.37. The van der Waals surface area contributed by atoms with Gasteiger partial charge in [0, 0.05) is 5.69 Å². The highest BCUT2D eigenvalue weighted by atomic mass is 32.1. The van der Waals surface area contributed by atoms with E-state index in [2.05, 4.69) is 10.6 Å². The van der Waals surface area contributed by atoms with Gasteiger partial charge in [0.05, 0.1) is 0 Å². The number of rotatable bonds is 7. The molecule has 0 heterocycles. The van der Waals surface area contributed by atoms with E-state index >= 15 is 0 Å². The molecule has 0 aliphatic heterocycles. The van der Waals surface area contributed by atoms with Crippen molar-refractivity contribution in [1.29, 1.82) is 0 Å². The lowest BCUT2D eigenvalue weighted by Gasteiger charge is -2.36. The number of anilines is 1. The Hall–Kier alpha value is -2.82. The Morgan fingerprint density at radius 2 is 1.23 bits per heavy atom. The van der Waals surface area contributed by atoms with Crippen LogP contribution in [0.2, 0.25) is 0 Å². The zero-order valence-electron chi connectivity index (χ0n) is 17.8. The van der Waals surface area contributed by atoms with Crippen molar-refractivity contribution >= 4 is 30.6 Å². The zero-order chi connectivity index (χ0) is 22.3. The average molecular weight is 455 g/mol. The lowest BCUT2D eigenvalue weighted by Crippen LogP contribution is -2.47. The molecule has 0 unspecified atom stereocenters. The molecule has 0 spiro atoms. The van der Waals surface area contributed by atoms with Gasteiger partial charge in [0.1, 0.15) is 11.5 Å². The van der Waals surface area contributed by atoms with Gasteiger partial charge in [0.2, 0.25) is 0 Å². The molecule has 0 saturated carbocycles. The normalized spacial score (nSPS) is 12.5. The SMILES string of the molecule is CC(C)(C)[C@@H](NC(=S)Nc1ccccc1)P(=O)(Oc1ccccc1)Oc1ccccc1. The third-order valence-electron chi connectivity index (χ3n) is 4.39. The summed E-state index contributed by atoms with van der Waals surface area (Å²) in [5, 5.41) is 6.66. The van der Waals surface area contributed by atoms with E-state index in [9.17, 15) is 4.57 Å². The van der Waals surface area contributed by atoms with Crippen molar-refractivity contribution in [2.75, 3.05) is 5.32 Å². The molecule has 0 aliphatic carbocycles. The molecule has 0 fully saturated rings. The number of thiocarbonyl (C=S) groups is 1. The van der Waals surface area contributed by atoms with E-state index in [4.69, 9.17) is 21.3 Å². The van der Waals surface area contributed by atoms with Crippen molar-refractivity contribution in [1.82, 2.24) is 5.32 Å². The summed E-state index contributed by atoms with van der Waals surface area (Å²) in [6.07, 6.45) is 0. The van der Waals surface area contributed by atoms with Gasteiger partial charge in [-0.2, -0.15) is 0 Å². The standard InChI is InChI=1S/C24H27N2O3PS/c1-24(2,3)22(26-23(31)25-19-13-7-4-8-14-19)30(27,28-20-15-9-5-10-16-20)29-21-17-11-6-12-18-21/h4-18,22H,1-3H3,(H2,25,26,31)/t22-/m0/s1. The van der Waals surface area contributed by atoms with Crippen LogP contribution < -0.4 is 19.7 Å². The zero-order valence-corrected chi connectivity index (χ0v) is 19.5. The summed E-state index contributed by atoms with van der Waals surface area (Å²) in [5.41, 5.74) is 0.317. The summed E-state index contributed by atoms with van der Waals surface area (Å²) >= 11 is 5.52. The van der Waals surface area contributed by atoms with Gasteiger partial charge in [0.15, 0.2) is 10.9 Å². The molecule has 3 rings (SSSR count). The van der Waals surface area contributed by atoms with Crippen molar-refractivity contribution in [3.8, 4) is 11.5 Å². The maximum absolute atomic E-state index is 14.3.